The predicted molar refractivity (Wildman–Crippen MR) is 73.5 cm³/mol. The number of hydrazine groups is 1. The number of nitrogens with one attached hydrogen (secondary N) is 1. The molecule has 5 heteroatoms. The van der Waals surface area contributed by atoms with Crippen LogP contribution in [0.4, 0.5) is 11.5 Å². The van der Waals surface area contributed by atoms with E-state index in [1.54, 1.807) is 0 Å². The third-order valence-corrected chi connectivity index (χ3v) is 4.08. The van der Waals surface area contributed by atoms with Crippen molar-refractivity contribution >= 4 is 11.5 Å². The summed E-state index contributed by atoms with van der Waals surface area (Å²) in [4.78, 5) is 9.23. The second-order valence-electron chi connectivity index (χ2n) is 5.18. The molecule has 0 aliphatic carbocycles. The summed E-state index contributed by atoms with van der Waals surface area (Å²) in [5, 5.41) is 0. The minimum Gasteiger partial charge on any atom is -0.370 e. The molecule has 0 radical (unpaired) electrons. The molecule has 18 heavy (non-hydrogen) atoms. The third-order valence-electron chi connectivity index (χ3n) is 4.08. The van der Waals surface area contributed by atoms with E-state index in [9.17, 15) is 0 Å². The maximum atomic E-state index is 5.40. The van der Waals surface area contributed by atoms with Crippen molar-refractivity contribution in [1.29, 1.82) is 0 Å². The van der Waals surface area contributed by atoms with Gasteiger partial charge in [0, 0.05) is 37.1 Å². The summed E-state index contributed by atoms with van der Waals surface area (Å²) < 4.78 is 0. The molecular weight excluding hydrogens is 226 g/mol. The summed E-state index contributed by atoms with van der Waals surface area (Å²) in [6, 6.07) is 4.81. The summed E-state index contributed by atoms with van der Waals surface area (Å²) in [5.74, 6) is 6.14. The van der Waals surface area contributed by atoms with Gasteiger partial charge in [-0.1, -0.05) is 0 Å². The van der Waals surface area contributed by atoms with Crippen molar-refractivity contribution in [2.45, 2.75) is 25.3 Å². The highest BCUT2D eigenvalue weighted by molar-refractivity contribution is 5.54. The number of hydrogen-bond acceptors (Lipinski definition) is 5. The predicted octanol–water partition coefficient (Wildman–Crippen LogP) is 1.04. The quantitative estimate of drug-likeness (QED) is 0.617. The van der Waals surface area contributed by atoms with Crippen molar-refractivity contribution in [3.63, 3.8) is 0 Å². The molecule has 3 rings (SSSR count). The lowest BCUT2D eigenvalue weighted by atomic mass is 10.2. The molecule has 1 atom stereocenters. The van der Waals surface area contributed by atoms with Gasteiger partial charge in [0.05, 0.1) is 0 Å². The number of hydrogen-bond donors (Lipinski definition) is 2. The Labute approximate surface area is 108 Å². The van der Waals surface area contributed by atoms with E-state index in [1.165, 1.54) is 38.0 Å². The fourth-order valence-electron chi connectivity index (χ4n) is 3.08. The minimum absolute atomic E-state index is 0.731. The SMILES string of the molecule is NNc1cc(N2CCC(N3CCCC3)C2)ccn1. The van der Waals surface area contributed by atoms with Crippen molar-refractivity contribution in [3.8, 4) is 0 Å². The Bertz CT molecular complexity index is 402. The van der Waals surface area contributed by atoms with Crippen molar-refractivity contribution in [3.05, 3.63) is 18.3 Å². The van der Waals surface area contributed by atoms with Crippen molar-refractivity contribution in [1.82, 2.24) is 9.88 Å². The molecule has 3 heterocycles. The highest BCUT2D eigenvalue weighted by Crippen LogP contribution is 2.25. The van der Waals surface area contributed by atoms with Gasteiger partial charge in [-0.05, 0) is 38.4 Å². The zero-order chi connectivity index (χ0) is 12.4. The van der Waals surface area contributed by atoms with E-state index < -0.39 is 0 Å². The lowest BCUT2D eigenvalue weighted by molar-refractivity contribution is 0.260. The molecule has 2 aliphatic heterocycles. The largest absolute Gasteiger partial charge is 0.370 e. The van der Waals surface area contributed by atoms with Gasteiger partial charge in [0.15, 0.2) is 0 Å². The molecule has 1 aromatic heterocycles. The average molecular weight is 247 g/mol. The minimum atomic E-state index is 0.731. The number of anilines is 2. The monoisotopic (exact) mass is 247 g/mol. The zero-order valence-electron chi connectivity index (χ0n) is 10.7. The highest BCUT2D eigenvalue weighted by atomic mass is 15.3. The zero-order valence-corrected chi connectivity index (χ0v) is 10.7. The molecule has 1 unspecified atom stereocenters. The maximum absolute atomic E-state index is 5.40. The van der Waals surface area contributed by atoms with Crippen LogP contribution in [0.2, 0.25) is 0 Å². The summed E-state index contributed by atoms with van der Waals surface area (Å²) in [7, 11) is 0. The normalized spacial score (nSPS) is 24.7. The maximum Gasteiger partial charge on any atom is 0.141 e. The molecule has 0 aromatic carbocycles. The van der Waals surface area contributed by atoms with E-state index in [4.69, 9.17) is 5.84 Å². The number of likely N-dealkylation sites (tertiary alicyclic amines) is 1. The van der Waals surface area contributed by atoms with E-state index >= 15 is 0 Å². The molecule has 1 aromatic rings. The van der Waals surface area contributed by atoms with Gasteiger partial charge in [-0.2, -0.15) is 0 Å². The Morgan fingerprint density at radius 3 is 2.89 bits per heavy atom. The van der Waals surface area contributed by atoms with Crippen LogP contribution in [0.5, 0.6) is 0 Å². The number of aromatic nitrogens is 1. The summed E-state index contributed by atoms with van der Waals surface area (Å²) in [6.07, 6.45) is 5.82. The molecule has 0 spiro atoms. The first-order valence-corrected chi connectivity index (χ1v) is 6.78. The van der Waals surface area contributed by atoms with Crippen LogP contribution < -0.4 is 16.2 Å². The molecule has 3 N–H and O–H groups in total. The lowest BCUT2D eigenvalue weighted by Gasteiger charge is -2.24. The molecule has 0 saturated carbocycles. The van der Waals surface area contributed by atoms with Gasteiger partial charge in [0.2, 0.25) is 0 Å². The fraction of sp³-hybridized carbons (Fsp3) is 0.615. The van der Waals surface area contributed by atoms with Crippen LogP contribution in [0.15, 0.2) is 18.3 Å². The lowest BCUT2D eigenvalue weighted by Crippen LogP contribution is -2.35. The van der Waals surface area contributed by atoms with Gasteiger partial charge in [0.1, 0.15) is 5.82 Å². The Balaban J connectivity index is 1.67. The van der Waals surface area contributed by atoms with Crippen molar-refractivity contribution in [2.75, 3.05) is 36.5 Å². The summed E-state index contributed by atoms with van der Waals surface area (Å²) in [6.45, 7) is 4.83. The van der Waals surface area contributed by atoms with E-state index in [2.05, 4.69) is 26.3 Å². The second kappa shape index (κ2) is 5.12. The van der Waals surface area contributed by atoms with Gasteiger partial charge in [-0.25, -0.2) is 10.8 Å². The van der Waals surface area contributed by atoms with Crippen LogP contribution in [0.3, 0.4) is 0 Å². The number of nitrogens with two attached hydrogens (primary N) is 1. The van der Waals surface area contributed by atoms with Crippen LogP contribution in [0, 0.1) is 0 Å². The number of rotatable bonds is 3. The van der Waals surface area contributed by atoms with Crippen molar-refractivity contribution in [2.24, 2.45) is 5.84 Å². The molecule has 2 aliphatic rings. The van der Waals surface area contributed by atoms with Crippen LogP contribution in [0.1, 0.15) is 19.3 Å². The van der Waals surface area contributed by atoms with E-state index in [0.29, 0.717) is 0 Å². The summed E-state index contributed by atoms with van der Waals surface area (Å²) >= 11 is 0. The van der Waals surface area contributed by atoms with Crippen LogP contribution in [-0.2, 0) is 0 Å². The smallest absolute Gasteiger partial charge is 0.141 e. The molecular formula is C13H21N5. The first-order chi connectivity index (χ1) is 8.86. The standard InChI is InChI=1S/C13H21N5/c14-16-13-9-11(3-5-15-13)18-8-4-12(10-18)17-6-1-2-7-17/h3,5,9,12H,1-2,4,6-8,10,14H2,(H,15,16). The van der Waals surface area contributed by atoms with Gasteiger partial charge >= 0.3 is 0 Å². The number of nitrogen functional groups attached to an aromatic ring is 1. The summed E-state index contributed by atoms with van der Waals surface area (Å²) in [5.41, 5.74) is 3.83. The van der Waals surface area contributed by atoms with E-state index in [1.807, 2.05) is 12.3 Å². The van der Waals surface area contributed by atoms with Gasteiger partial charge < -0.3 is 10.3 Å². The third kappa shape index (κ3) is 2.28. The Kier molecular flexibility index (Phi) is 3.34. The van der Waals surface area contributed by atoms with Crippen LogP contribution >= 0.6 is 0 Å². The molecule has 2 saturated heterocycles. The molecule has 2 fully saturated rings. The Morgan fingerprint density at radius 1 is 1.28 bits per heavy atom. The molecule has 5 nitrogen and oxygen atoms in total. The average Bonchev–Trinajstić information content (AvgIpc) is 3.09. The van der Waals surface area contributed by atoms with Gasteiger partial charge in [0.25, 0.3) is 0 Å². The van der Waals surface area contributed by atoms with Crippen molar-refractivity contribution < 1.29 is 0 Å². The molecule has 98 valence electrons. The Morgan fingerprint density at radius 2 is 2.11 bits per heavy atom. The number of pyridine rings is 1. The highest BCUT2D eigenvalue weighted by Gasteiger charge is 2.29. The topological polar surface area (TPSA) is 57.4 Å². The second-order valence-corrected chi connectivity index (χ2v) is 5.18. The van der Waals surface area contributed by atoms with E-state index in [0.717, 1.165) is 24.9 Å². The van der Waals surface area contributed by atoms with Gasteiger partial charge in [-0.15, -0.1) is 0 Å². The number of nitrogens with zero attached hydrogens (tertiary/aromatic N) is 3. The Hall–Kier alpha value is -1.33. The van der Waals surface area contributed by atoms with E-state index in [-0.39, 0.29) is 0 Å². The van der Waals surface area contributed by atoms with Crippen LogP contribution in [-0.4, -0.2) is 42.1 Å². The first kappa shape index (κ1) is 11.7. The fourth-order valence-corrected chi connectivity index (χ4v) is 3.08. The molecule has 0 amide bonds. The molecule has 0 bridgehead atoms. The van der Waals surface area contributed by atoms with Gasteiger partial charge in [-0.3, -0.25) is 4.90 Å². The van der Waals surface area contributed by atoms with Crippen LogP contribution in [0.25, 0.3) is 0 Å². The first-order valence-electron chi connectivity index (χ1n) is 6.78.